The van der Waals surface area contributed by atoms with Gasteiger partial charge in [-0.25, -0.2) is 0 Å². The number of rotatable bonds is 4. The van der Waals surface area contributed by atoms with Gasteiger partial charge in [0.25, 0.3) is 0 Å². The van der Waals surface area contributed by atoms with E-state index in [0.29, 0.717) is 11.5 Å². The van der Waals surface area contributed by atoms with Gasteiger partial charge in [-0.1, -0.05) is 0 Å². The monoisotopic (exact) mass is 247 g/mol. The maximum atomic E-state index is 9.44. The molecule has 5 heteroatoms. The second-order valence-corrected chi connectivity index (χ2v) is 3.37. The number of hydrogen-bond donors (Lipinski definition) is 2. The van der Waals surface area contributed by atoms with Crippen LogP contribution in [0.5, 0.6) is 11.5 Å². The second kappa shape index (κ2) is 6.58. The summed E-state index contributed by atoms with van der Waals surface area (Å²) in [4.78, 5) is 0. The van der Waals surface area contributed by atoms with Gasteiger partial charge in [0, 0.05) is 5.56 Å². The van der Waals surface area contributed by atoms with E-state index < -0.39 is 12.1 Å². The number of halogens is 1. The minimum atomic E-state index is -0.633. The quantitative estimate of drug-likeness (QED) is 0.847. The molecule has 0 unspecified atom stereocenters. The lowest BCUT2D eigenvalue weighted by atomic mass is 10.0. The molecular formula is C11H18ClNO3. The summed E-state index contributed by atoms with van der Waals surface area (Å²) in [5.74, 6) is 1.35. The van der Waals surface area contributed by atoms with Crippen LogP contribution < -0.4 is 15.2 Å². The van der Waals surface area contributed by atoms with Crippen molar-refractivity contribution >= 4 is 12.4 Å². The van der Waals surface area contributed by atoms with Gasteiger partial charge in [-0.05, 0) is 25.1 Å². The number of hydrogen-bond acceptors (Lipinski definition) is 4. The van der Waals surface area contributed by atoms with Crippen molar-refractivity contribution in [3.63, 3.8) is 0 Å². The third-order valence-electron chi connectivity index (χ3n) is 2.32. The number of aliphatic hydroxyl groups excluding tert-OH is 1. The van der Waals surface area contributed by atoms with Crippen LogP contribution in [-0.2, 0) is 0 Å². The highest BCUT2D eigenvalue weighted by Gasteiger charge is 2.17. The van der Waals surface area contributed by atoms with Crippen molar-refractivity contribution in [1.82, 2.24) is 0 Å². The average Bonchev–Trinajstić information content (AvgIpc) is 2.27. The summed E-state index contributed by atoms with van der Waals surface area (Å²) in [6, 6.07) is 4.86. The molecule has 4 nitrogen and oxygen atoms in total. The topological polar surface area (TPSA) is 64.7 Å². The second-order valence-electron chi connectivity index (χ2n) is 3.37. The Bertz CT molecular complexity index is 331. The van der Waals surface area contributed by atoms with Gasteiger partial charge in [0.1, 0.15) is 11.5 Å². The molecular weight excluding hydrogens is 230 g/mol. The third-order valence-corrected chi connectivity index (χ3v) is 2.32. The normalized spacial score (nSPS) is 13.6. The molecule has 2 atom stereocenters. The van der Waals surface area contributed by atoms with Gasteiger partial charge in [-0.3, -0.25) is 0 Å². The van der Waals surface area contributed by atoms with Gasteiger partial charge in [0.2, 0.25) is 0 Å². The Balaban J connectivity index is 0.00000225. The van der Waals surface area contributed by atoms with E-state index in [-0.39, 0.29) is 12.4 Å². The summed E-state index contributed by atoms with van der Waals surface area (Å²) in [7, 11) is 3.15. The van der Waals surface area contributed by atoms with Crippen LogP contribution in [0.4, 0.5) is 0 Å². The predicted molar refractivity (Wildman–Crippen MR) is 65.4 cm³/mol. The van der Waals surface area contributed by atoms with Crippen molar-refractivity contribution in [2.75, 3.05) is 14.2 Å². The van der Waals surface area contributed by atoms with E-state index >= 15 is 0 Å². The Morgan fingerprint density at radius 3 is 2.31 bits per heavy atom. The van der Waals surface area contributed by atoms with E-state index in [4.69, 9.17) is 15.2 Å². The molecule has 0 heterocycles. The van der Waals surface area contributed by atoms with Gasteiger partial charge in [-0.15, -0.1) is 12.4 Å². The van der Waals surface area contributed by atoms with E-state index in [0.717, 1.165) is 5.56 Å². The van der Waals surface area contributed by atoms with Crippen LogP contribution in [0.3, 0.4) is 0 Å². The number of nitrogens with two attached hydrogens (primary N) is 1. The lowest BCUT2D eigenvalue weighted by molar-refractivity contribution is 0.162. The summed E-state index contributed by atoms with van der Waals surface area (Å²) < 4.78 is 10.3. The van der Waals surface area contributed by atoms with Crippen LogP contribution in [0, 0.1) is 0 Å². The molecule has 16 heavy (non-hydrogen) atoms. The minimum absolute atomic E-state index is 0. The van der Waals surface area contributed by atoms with E-state index in [9.17, 15) is 5.11 Å². The largest absolute Gasteiger partial charge is 0.497 e. The Morgan fingerprint density at radius 2 is 1.88 bits per heavy atom. The van der Waals surface area contributed by atoms with Crippen molar-refractivity contribution in [3.05, 3.63) is 23.8 Å². The summed E-state index contributed by atoms with van der Waals surface area (Å²) >= 11 is 0. The van der Waals surface area contributed by atoms with Crippen LogP contribution >= 0.6 is 12.4 Å². The van der Waals surface area contributed by atoms with Crippen LogP contribution in [0.1, 0.15) is 18.5 Å². The maximum Gasteiger partial charge on any atom is 0.123 e. The molecule has 3 N–H and O–H groups in total. The summed E-state index contributed by atoms with van der Waals surface area (Å²) in [5.41, 5.74) is 6.59. The van der Waals surface area contributed by atoms with Gasteiger partial charge in [0.05, 0.1) is 26.4 Å². The van der Waals surface area contributed by atoms with Crippen LogP contribution in [0.2, 0.25) is 0 Å². The molecule has 0 amide bonds. The fraction of sp³-hybridized carbons (Fsp3) is 0.455. The molecule has 0 radical (unpaired) electrons. The van der Waals surface area contributed by atoms with Gasteiger partial charge in [-0.2, -0.15) is 0 Å². The average molecular weight is 248 g/mol. The predicted octanol–water partition coefficient (Wildman–Crippen LogP) is 1.51. The highest BCUT2D eigenvalue weighted by Crippen LogP contribution is 2.29. The van der Waals surface area contributed by atoms with Crippen molar-refractivity contribution in [2.45, 2.75) is 19.1 Å². The summed E-state index contributed by atoms with van der Waals surface area (Å²) in [5, 5.41) is 9.44. The van der Waals surface area contributed by atoms with Crippen LogP contribution in [-0.4, -0.2) is 25.4 Å². The van der Waals surface area contributed by atoms with Crippen molar-refractivity contribution in [1.29, 1.82) is 0 Å². The first-order valence-corrected chi connectivity index (χ1v) is 4.75. The maximum absolute atomic E-state index is 9.44. The van der Waals surface area contributed by atoms with E-state index in [1.165, 1.54) is 0 Å². The summed E-state index contributed by atoms with van der Waals surface area (Å²) in [6.45, 7) is 1.64. The molecule has 0 fully saturated rings. The van der Waals surface area contributed by atoms with Crippen molar-refractivity contribution in [3.8, 4) is 11.5 Å². The molecule has 0 bridgehead atoms. The Labute approximate surface area is 102 Å². The zero-order chi connectivity index (χ0) is 11.4. The van der Waals surface area contributed by atoms with E-state index in [1.54, 1.807) is 39.3 Å². The zero-order valence-electron chi connectivity index (χ0n) is 9.64. The number of ether oxygens (including phenoxy) is 2. The third kappa shape index (κ3) is 3.27. The fourth-order valence-electron chi connectivity index (χ4n) is 1.36. The smallest absolute Gasteiger partial charge is 0.123 e. The molecule has 0 aliphatic carbocycles. The first-order valence-electron chi connectivity index (χ1n) is 4.75. The Hall–Kier alpha value is -0.970. The van der Waals surface area contributed by atoms with Crippen molar-refractivity contribution < 1.29 is 14.6 Å². The molecule has 0 aliphatic heterocycles. The molecule has 0 saturated carbocycles. The van der Waals surface area contributed by atoms with Gasteiger partial charge in [0.15, 0.2) is 0 Å². The van der Waals surface area contributed by atoms with E-state index in [1.807, 2.05) is 0 Å². The fourth-order valence-corrected chi connectivity index (χ4v) is 1.36. The standard InChI is InChI=1S/C11H17NO3.ClH/c1-7(13)11(12)9-6-8(14-2)4-5-10(9)15-3;/h4-7,11,13H,12H2,1-3H3;1H/t7-,11-;/m1./s1. The highest BCUT2D eigenvalue weighted by atomic mass is 35.5. The van der Waals surface area contributed by atoms with Gasteiger partial charge < -0.3 is 20.3 Å². The first kappa shape index (κ1) is 15.0. The molecule has 92 valence electrons. The van der Waals surface area contributed by atoms with E-state index in [2.05, 4.69) is 0 Å². The molecule has 0 saturated heterocycles. The summed E-state index contributed by atoms with van der Waals surface area (Å²) in [6.07, 6.45) is -0.633. The number of methoxy groups -OCH3 is 2. The molecule has 1 aromatic rings. The Morgan fingerprint density at radius 1 is 1.25 bits per heavy atom. The molecule has 1 rings (SSSR count). The lowest BCUT2D eigenvalue weighted by Crippen LogP contribution is -2.23. The van der Waals surface area contributed by atoms with Gasteiger partial charge >= 0.3 is 0 Å². The van der Waals surface area contributed by atoms with Crippen molar-refractivity contribution in [2.24, 2.45) is 5.73 Å². The SMILES string of the molecule is COc1ccc(OC)c([C@H](N)[C@@H](C)O)c1.Cl. The first-order chi connectivity index (χ1) is 7.10. The lowest BCUT2D eigenvalue weighted by Gasteiger charge is -2.18. The van der Waals surface area contributed by atoms with Crippen LogP contribution in [0.25, 0.3) is 0 Å². The number of benzene rings is 1. The minimum Gasteiger partial charge on any atom is -0.497 e. The molecule has 1 aromatic carbocycles. The molecule has 0 aromatic heterocycles. The molecule has 0 aliphatic rings. The van der Waals surface area contributed by atoms with Crippen LogP contribution in [0.15, 0.2) is 18.2 Å². The zero-order valence-corrected chi connectivity index (χ0v) is 10.5. The number of aliphatic hydroxyl groups is 1. The Kier molecular flexibility index (Phi) is 6.18. The highest BCUT2D eigenvalue weighted by molar-refractivity contribution is 5.85. The molecule has 0 spiro atoms.